The molecule has 0 atom stereocenters. The molecule has 0 fully saturated rings. The van der Waals surface area contributed by atoms with Crippen LogP contribution >= 0.6 is 0 Å². The maximum Gasteiger partial charge on any atom is 0.224 e. The number of hydrogen-bond donors (Lipinski definition) is 1. The van der Waals surface area contributed by atoms with Crippen molar-refractivity contribution >= 4 is 12.1 Å². The van der Waals surface area contributed by atoms with E-state index in [1.54, 1.807) is 24.4 Å². The third-order valence-corrected chi connectivity index (χ3v) is 2.64. The third-order valence-electron chi connectivity index (χ3n) is 2.64. The smallest absolute Gasteiger partial charge is 0.224 e. The van der Waals surface area contributed by atoms with Gasteiger partial charge in [-0.2, -0.15) is 0 Å². The summed E-state index contributed by atoms with van der Waals surface area (Å²) in [4.78, 5) is 15.8. The second-order valence-corrected chi connectivity index (χ2v) is 4.04. The molecule has 1 rings (SSSR count). The summed E-state index contributed by atoms with van der Waals surface area (Å²) in [5.41, 5.74) is 1.34. The van der Waals surface area contributed by atoms with Crippen LogP contribution in [0.1, 0.15) is 25.8 Å². The highest BCUT2D eigenvalue weighted by Gasteiger charge is 2.06. The van der Waals surface area contributed by atoms with Crippen LogP contribution in [-0.4, -0.2) is 18.7 Å². The molecule has 0 bridgehead atoms. The number of carbonyl (C=O) groups is 1. The zero-order valence-electron chi connectivity index (χ0n) is 11.3. The number of benzene rings is 1. The summed E-state index contributed by atoms with van der Waals surface area (Å²) < 4.78 is 13.3. The van der Waals surface area contributed by atoms with Crippen LogP contribution in [0.2, 0.25) is 0 Å². The summed E-state index contributed by atoms with van der Waals surface area (Å²) in [6.07, 6.45) is 4.36. The van der Waals surface area contributed by atoms with Gasteiger partial charge in [0.2, 0.25) is 5.91 Å². The van der Waals surface area contributed by atoms with E-state index in [-0.39, 0.29) is 18.1 Å². The molecule has 0 unspecified atom stereocenters. The Morgan fingerprint density at radius 2 is 2.11 bits per heavy atom. The van der Waals surface area contributed by atoms with Crippen molar-refractivity contribution in [1.82, 2.24) is 5.32 Å². The zero-order chi connectivity index (χ0) is 14.1. The summed E-state index contributed by atoms with van der Waals surface area (Å²) in [5, 5.41) is 2.76. The minimum atomic E-state index is -0.345. The molecular formula is C15H19FN2O. The molecule has 0 radical (unpaired) electrons. The normalized spacial score (nSPS) is 11.8. The molecule has 1 amide bonds. The van der Waals surface area contributed by atoms with E-state index in [4.69, 9.17) is 0 Å². The Labute approximate surface area is 113 Å². The average molecular weight is 262 g/mol. The van der Waals surface area contributed by atoms with Gasteiger partial charge >= 0.3 is 0 Å². The largest absolute Gasteiger partial charge is 0.355 e. The number of nitrogens with one attached hydrogen (secondary N) is 1. The summed E-state index contributed by atoms with van der Waals surface area (Å²) in [5.74, 6) is -0.525. The van der Waals surface area contributed by atoms with Gasteiger partial charge < -0.3 is 5.32 Å². The molecule has 102 valence electrons. The van der Waals surface area contributed by atoms with Crippen LogP contribution in [0.25, 0.3) is 0 Å². The van der Waals surface area contributed by atoms with Gasteiger partial charge in [-0.05, 0) is 25.5 Å². The fourth-order valence-electron chi connectivity index (χ4n) is 1.66. The van der Waals surface area contributed by atoms with Crippen molar-refractivity contribution in [2.24, 2.45) is 4.99 Å². The Kier molecular flexibility index (Phi) is 6.50. The van der Waals surface area contributed by atoms with Gasteiger partial charge in [0, 0.05) is 24.9 Å². The van der Waals surface area contributed by atoms with Crippen molar-refractivity contribution in [1.29, 1.82) is 0 Å². The van der Waals surface area contributed by atoms with Gasteiger partial charge in [-0.25, -0.2) is 4.39 Å². The summed E-state index contributed by atoms with van der Waals surface area (Å²) in [7, 11) is 0. The van der Waals surface area contributed by atoms with E-state index in [0.29, 0.717) is 18.5 Å². The lowest BCUT2D eigenvalue weighted by Crippen LogP contribution is -2.26. The first-order valence-electron chi connectivity index (χ1n) is 6.31. The Hall–Kier alpha value is -1.97. The molecule has 0 aromatic heterocycles. The highest BCUT2D eigenvalue weighted by molar-refractivity contribution is 5.78. The van der Waals surface area contributed by atoms with E-state index in [1.165, 1.54) is 6.07 Å². The molecule has 19 heavy (non-hydrogen) atoms. The monoisotopic (exact) mass is 262 g/mol. The Balaban J connectivity index is 2.39. The van der Waals surface area contributed by atoms with Gasteiger partial charge in [-0.15, -0.1) is 0 Å². The Morgan fingerprint density at radius 3 is 2.74 bits per heavy atom. The molecule has 0 spiro atoms. The first kappa shape index (κ1) is 15.1. The van der Waals surface area contributed by atoms with Crippen LogP contribution in [-0.2, 0) is 11.2 Å². The molecule has 0 aliphatic heterocycles. The predicted octanol–water partition coefficient (Wildman–Crippen LogP) is 2.87. The average Bonchev–Trinajstić information content (AvgIpc) is 2.40. The molecule has 4 heteroatoms. The minimum absolute atomic E-state index is 0.0644. The lowest BCUT2D eigenvalue weighted by Gasteiger charge is -2.06. The van der Waals surface area contributed by atoms with Crippen LogP contribution in [0.3, 0.4) is 0 Å². The molecule has 1 aromatic rings. The molecule has 3 nitrogen and oxygen atoms in total. The number of nitrogens with zero attached hydrogens (tertiary/aromatic N) is 1. The second kappa shape index (κ2) is 8.19. The van der Waals surface area contributed by atoms with Crippen molar-refractivity contribution in [2.75, 3.05) is 6.54 Å². The van der Waals surface area contributed by atoms with Gasteiger partial charge in [0.05, 0.1) is 6.42 Å². The molecule has 0 heterocycles. The summed E-state index contributed by atoms with van der Waals surface area (Å²) >= 11 is 0. The van der Waals surface area contributed by atoms with Crippen molar-refractivity contribution in [2.45, 2.75) is 26.7 Å². The third kappa shape index (κ3) is 5.46. The van der Waals surface area contributed by atoms with E-state index in [2.05, 4.69) is 10.3 Å². The lowest BCUT2D eigenvalue weighted by molar-refractivity contribution is -0.120. The molecule has 1 N–H and O–H groups in total. The Morgan fingerprint density at radius 1 is 1.37 bits per heavy atom. The molecule has 0 aliphatic rings. The summed E-state index contributed by atoms with van der Waals surface area (Å²) in [6, 6.07) is 6.31. The fraction of sp³-hybridized carbons (Fsp3) is 0.333. The van der Waals surface area contributed by atoms with Crippen LogP contribution in [0.4, 0.5) is 4.39 Å². The molecule has 1 aromatic carbocycles. The van der Waals surface area contributed by atoms with Crippen molar-refractivity contribution in [3.8, 4) is 0 Å². The number of aliphatic imine (C=N–C) groups is 1. The second-order valence-electron chi connectivity index (χ2n) is 4.04. The number of amides is 1. The number of rotatable bonds is 6. The number of carbonyl (C=O) groups excluding carboxylic acids is 1. The molecular weight excluding hydrogens is 243 g/mol. The van der Waals surface area contributed by atoms with E-state index in [0.717, 1.165) is 5.70 Å². The van der Waals surface area contributed by atoms with Crippen molar-refractivity contribution in [3.63, 3.8) is 0 Å². The van der Waals surface area contributed by atoms with E-state index >= 15 is 0 Å². The van der Waals surface area contributed by atoms with Crippen LogP contribution in [0, 0.1) is 5.82 Å². The quantitative estimate of drug-likeness (QED) is 0.787. The first-order chi connectivity index (χ1) is 9.17. The highest BCUT2D eigenvalue weighted by Crippen LogP contribution is 2.07. The predicted molar refractivity (Wildman–Crippen MR) is 75.7 cm³/mol. The number of allylic oxidation sites excluding steroid dienone is 1. The van der Waals surface area contributed by atoms with Gasteiger partial charge in [0.1, 0.15) is 5.82 Å². The number of halogens is 1. The SMILES string of the molecule is C/C=N\C(=C/C)CCNC(=O)Cc1ccccc1F. The van der Waals surface area contributed by atoms with Gasteiger partial charge in [-0.1, -0.05) is 24.3 Å². The van der Waals surface area contributed by atoms with Crippen LogP contribution in [0.15, 0.2) is 41.0 Å². The highest BCUT2D eigenvalue weighted by atomic mass is 19.1. The van der Waals surface area contributed by atoms with E-state index in [9.17, 15) is 9.18 Å². The zero-order valence-corrected chi connectivity index (χ0v) is 11.3. The van der Waals surface area contributed by atoms with Crippen molar-refractivity contribution < 1.29 is 9.18 Å². The van der Waals surface area contributed by atoms with Crippen molar-refractivity contribution in [3.05, 3.63) is 47.4 Å². The van der Waals surface area contributed by atoms with Crippen LogP contribution < -0.4 is 5.32 Å². The molecule has 0 saturated carbocycles. The Bertz CT molecular complexity index is 481. The van der Waals surface area contributed by atoms with E-state index in [1.807, 2.05) is 19.9 Å². The van der Waals surface area contributed by atoms with Gasteiger partial charge in [0.15, 0.2) is 0 Å². The lowest BCUT2D eigenvalue weighted by atomic mass is 10.1. The first-order valence-corrected chi connectivity index (χ1v) is 6.31. The number of hydrogen-bond acceptors (Lipinski definition) is 2. The summed E-state index contributed by atoms with van der Waals surface area (Å²) in [6.45, 7) is 4.26. The topological polar surface area (TPSA) is 41.5 Å². The van der Waals surface area contributed by atoms with Gasteiger partial charge in [-0.3, -0.25) is 9.79 Å². The maximum absolute atomic E-state index is 13.3. The fourth-order valence-corrected chi connectivity index (χ4v) is 1.66. The minimum Gasteiger partial charge on any atom is -0.355 e. The standard InChI is InChI=1S/C15H19FN2O/c1-3-13(17-4-2)9-10-18-15(19)11-12-7-5-6-8-14(12)16/h3-8H,9-11H2,1-2H3,(H,18,19)/b13-3-,17-4-. The maximum atomic E-state index is 13.3. The van der Waals surface area contributed by atoms with Crippen LogP contribution in [0.5, 0.6) is 0 Å². The molecule has 0 saturated heterocycles. The van der Waals surface area contributed by atoms with E-state index < -0.39 is 0 Å². The van der Waals surface area contributed by atoms with Gasteiger partial charge in [0.25, 0.3) is 0 Å². The molecule has 0 aliphatic carbocycles.